The average molecular weight is 337 g/mol. The van der Waals surface area contributed by atoms with E-state index in [2.05, 4.69) is 20.6 Å². The van der Waals surface area contributed by atoms with Crippen LogP contribution in [0.4, 0.5) is 5.82 Å². The van der Waals surface area contributed by atoms with Gasteiger partial charge in [-0.25, -0.2) is 9.97 Å². The maximum atomic E-state index is 12.4. The van der Waals surface area contributed by atoms with Crippen LogP contribution in [0.1, 0.15) is 36.7 Å². The molecule has 0 spiro atoms. The molecule has 2 amide bonds. The van der Waals surface area contributed by atoms with E-state index in [1.54, 1.807) is 18.5 Å². The van der Waals surface area contributed by atoms with E-state index >= 15 is 0 Å². The first-order chi connectivity index (χ1) is 10.8. The van der Waals surface area contributed by atoms with Crippen LogP contribution in [-0.4, -0.2) is 44.6 Å². The molecule has 2 rings (SSSR count). The monoisotopic (exact) mass is 337 g/mol. The SMILES string of the molecule is Cc1nc(C(=O)Nc2nc(C)n(C)c2C(=O)NCCO)c(C)s1. The molecule has 0 radical (unpaired) electrons. The molecule has 8 nitrogen and oxygen atoms in total. The summed E-state index contributed by atoms with van der Waals surface area (Å²) in [4.78, 5) is 33.8. The fourth-order valence-electron chi connectivity index (χ4n) is 2.12. The van der Waals surface area contributed by atoms with E-state index in [0.717, 1.165) is 9.88 Å². The van der Waals surface area contributed by atoms with Crippen LogP contribution in [-0.2, 0) is 7.05 Å². The largest absolute Gasteiger partial charge is 0.395 e. The number of imidazole rings is 1. The lowest BCUT2D eigenvalue weighted by Gasteiger charge is -2.07. The molecule has 23 heavy (non-hydrogen) atoms. The quantitative estimate of drug-likeness (QED) is 0.747. The number of carbonyl (C=O) groups excluding carboxylic acids is 2. The van der Waals surface area contributed by atoms with Gasteiger partial charge in [0.2, 0.25) is 0 Å². The minimum absolute atomic E-state index is 0.126. The second-order valence-electron chi connectivity index (χ2n) is 4.99. The molecule has 0 atom stereocenters. The molecule has 0 aromatic carbocycles. The van der Waals surface area contributed by atoms with Gasteiger partial charge in [-0.2, -0.15) is 0 Å². The standard InChI is InChI=1S/C14H19N5O3S/c1-7-10(17-9(3)23-7)13(21)18-12-11(14(22)15-5-6-20)19(4)8(2)16-12/h20H,5-6H2,1-4H3,(H,15,22)(H,18,21). The van der Waals surface area contributed by atoms with Crippen LogP contribution in [0, 0.1) is 20.8 Å². The number of aryl methyl sites for hydroxylation is 3. The van der Waals surface area contributed by atoms with Crippen molar-refractivity contribution in [2.24, 2.45) is 7.05 Å². The lowest BCUT2D eigenvalue weighted by molar-refractivity contribution is 0.0937. The highest BCUT2D eigenvalue weighted by molar-refractivity contribution is 7.11. The summed E-state index contributed by atoms with van der Waals surface area (Å²) in [6, 6.07) is 0. The fourth-order valence-corrected chi connectivity index (χ4v) is 2.93. The van der Waals surface area contributed by atoms with Crippen molar-refractivity contribution in [3.63, 3.8) is 0 Å². The van der Waals surface area contributed by atoms with Crippen molar-refractivity contribution in [3.8, 4) is 0 Å². The van der Waals surface area contributed by atoms with Gasteiger partial charge >= 0.3 is 0 Å². The van der Waals surface area contributed by atoms with Crippen LogP contribution in [0.5, 0.6) is 0 Å². The van der Waals surface area contributed by atoms with E-state index in [0.29, 0.717) is 11.5 Å². The van der Waals surface area contributed by atoms with Crippen LogP contribution in [0.25, 0.3) is 0 Å². The van der Waals surface area contributed by atoms with Crippen molar-refractivity contribution < 1.29 is 14.7 Å². The van der Waals surface area contributed by atoms with E-state index in [9.17, 15) is 9.59 Å². The minimum atomic E-state index is -0.413. The highest BCUT2D eigenvalue weighted by Gasteiger charge is 2.23. The molecule has 2 aromatic heterocycles. The lowest BCUT2D eigenvalue weighted by atomic mass is 10.3. The summed E-state index contributed by atoms with van der Waals surface area (Å²) in [5, 5.41) is 14.8. The third-order valence-corrected chi connectivity index (χ3v) is 4.17. The predicted octanol–water partition coefficient (Wildman–Crippen LogP) is 0.776. The summed E-state index contributed by atoms with van der Waals surface area (Å²) in [6.45, 7) is 5.34. The first-order valence-corrected chi connectivity index (χ1v) is 7.84. The number of hydrogen-bond donors (Lipinski definition) is 3. The van der Waals surface area contributed by atoms with E-state index in [4.69, 9.17) is 5.11 Å². The first-order valence-electron chi connectivity index (χ1n) is 7.03. The highest BCUT2D eigenvalue weighted by Crippen LogP contribution is 2.20. The zero-order valence-corrected chi connectivity index (χ0v) is 14.2. The van der Waals surface area contributed by atoms with Gasteiger partial charge in [0.15, 0.2) is 11.5 Å². The zero-order chi connectivity index (χ0) is 17.1. The molecule has 3 N–H and O–H groups in total. The van der Waals surface area contributed by atoms with Crippen molar-refractivity contribution in [3.05, 3.63) is 27.1 Å². The number of aliphatic hydroxyl groups is 1. The average Bonchev–Trinajstić information content (AvgIpc) is 2.96. The Morgan fingerprint density at radius 1 is 1.22 bits per heavy atom. The molecule has 0 saturated carbocycles. The third kappa shape index (κ3) is 3.57. The molecule has 124 valence electrons. The van der Waals surface area contributed by atoms with E-state index < -0.39 is 11.8 Å². The summed E-state index contributed by atoms with van der Waals surface area (Å²) in [6.07, 6.45) is 0. The lowest BCUT2D eigenvalue weighted by Crippen LogP contribution is -2.29. The van der Waals surface area contributed by atoms with Gasteiger partial charge in [0.25, 0.3) is 11.8 Å². The molecular formula is C14H19N5O3S. The molecule has 9 heteroatoms. The number of nitrogens with one attached hydrogen (secondary N) is 2. The fraction of sp³-hybridized carbons (Fsp3) is 0.429. The van der Waals surface area contributed by atoms with Gasteiger partial charge in [0, 0.05) is 18.5 Å². The predicted molar refractivity (Wildman–Crippen MR) is 86.9 cm³/mol. The van der Waals surface area contributed by atoms with Gasteiger partial charge in [0.1, 0.15) is 11.5 Å². The Hall–Kier alpha value is -2.26. The number of amides is 2. The molecule has 0 aliphatic carbocycles. The molecular weight excluding hydrogens is 318 g/mol. The summed E-state index contributed by atoms with van der Waals surface area (Å²) in [5.74, 6) is -0.0547. The molecule has 0 unspecified atom stereocenters. The number of hydrogen-bond acceptors (Lipinski definition) is 6. The third-order valence-electron chi connectivity index (χ3n) is 3.28. The number of anilines is 1. The molecule has 2 aromatic rings. The normalized spacial score (nSPS) is 10.7. The zero-order valence-electron chi connectivity index (χ0n) is 13.4. The summed E-state index contributed by atoms with van der Waals surface area (Å²) in [5.41, 5.74) is 0.562. The van der Waals surface area contributed by atoms with Gasteiger partial charge in [0.05, 0.1) is 11.6 Å². The van der Waals surface area contributed by atoms with Crippen LogP contribution < -0.4 is 10.6 Å². The Labute approximate surface area is 137 Å². The van der Waals surface area contributed by atoms with Crippen molar-refractivity contribution in [1.82, 2.24) is 19.9 Å². The summed E-state index contributed by atoms with van der Waals surface area (Å²) in [7, 11) is 1.68. The number of thiazole rings is 1. The van der Waals surface area contributed by atoms with Crippen molar-refractivity contribution in [2.45, 2.75) is 20.8 Å². The molecule has 2 heterocycles. The minimum Gasteiger partial charge on any atom is -0.395 e. The highest BCUT2D eigenvalue weighted by atomic mass is 32.1. The Morgan fingerprint density at radius 3 is 2.48 bits per heavy atom. The second kappa shape index (κ2) is 6.88. The van der Waals surface area contributed by atoms with E-state index in [-0.39, 0.29) is 24.7 Å². The maximum absolute atomic E-state index is 12.4. The van der Waals surface area contributed by atoms with Crippen LogP contribution >= 0.6 is 11.3 Å². The molecule has 0 aliphatic rings. The van der Waals surface area contributed by atoms with Crippen molar-refractivity contribution >= 4 is 29.0 Å². The van der Waals surface area contributed by atoms with Gasteiger partial charge in [-0.15, -0.1) is 11.3 Å². The van der Waals surface area contributed by atoms with Gasteiger partial charge < -0.3 is 20.3 Å². The Balaban J connectivity index is 2.29. The Morgan fingerprint density at radius 2 is 1.91 bits per heavy atom. The molecule has 0 fully saturated rings. The van der Waals surface area contributed by atoms with Crippen molar-refractivity contribution in [2.75, 3.05) is 18.5 Å². The van der Waals surface area contributed by atoms with Gasteiger partial charge in [-0.1, -0.05) is 0 Å². The second-order valence-corrected chi connectivity index (χ2v) is 6.39. The van der Waals surface area contributed by atoms with Crippen molar-refractivity contribution in [1.29, 1.82) is 0 Å². The number of rotatable bonds is 5. The smallest absolute Gasteiger partial charge is 0.276 e. The Bertz CT molecular complexity index is 750. The number of aromatic nitrogens is 3. The van der Waals surface area contributed by atoms with E-state index in [1.807, 2.05) is 13.8 Å². The van der Waals surface area contributed by atoms with E-state index in [1.165, 1.54) is 11.3 Å². The summed E-state index contributed by atoms with van der Waals surface area (Å²) >= 11 is 1.43. The summed E-state index contributed by atoms with van der Waals surface area (Å²) < 4.78 is 1.58. The van der Waals surface area contributed by atoms with Crippen LogP contribution in [0.2, 0.25) is 0 Å². The maximum Gasteiger partial charge on any atom is 0.276 e. The van der Waals surface area contributed by atoms with Crippen LogP contribution in [0.3, 0.4) is 0 Å². The topological polar surface area (TPSA) is 109 Å². The Kier molecular flexibility index (Phi) is 5.12. The first kappa shape index (κ1) is 17.1. The van der Waals surface area contributed by atoms with Crippen LogP contribution in [0.15, 0.2) is 0 Å². The molecule has 0 saturated heterocycles. The molecule has 0 aliphatic heterocycles. The molecule has 0 bridgehead atoms. The number of carbonyl (C=O) groups is 2. The number of aliphatic hydroxyl groups excluding tert-OH is 1. The number of nitrogens with zero attached hydrogens (tertiary/aromatic N) is 3. The van der Waals surface area contributed by atoms with Gasteiger partial charge in [-0.05, 0) is 20.8 Å². The van der Waals surface area contributed by atoms with Gasteiger partial charge in [-0.3, -0.25) is 9.59 Å².